The van der Waals surface area contributed by atoms with Gasteiger partial charge in [-0.25, -0.2) is 4.39 Å². The van der Waals surface area contributed by atoms with Gasteiger partial charge in [0.25, 0.3) is 0 Å². The van der Waals surface area contributed by atoms with Crippen LogP contribution in [0.25, 0.3) is 0 Å². The minimum atomic E-state index is -2.05. The molecule has 0 spiro atoms. The van der Waals surface area contributed by atoms with Crippen LogP contribution in [-0.4, -0.2) is 51.2 Å². The van der Waals surface area contributed by atoms with Gasteiger partial charge < -0.3 is 25.2 Å². The third-order valence-corrected chi connectivity index (χ3v) is 2.35. The molecule has 1 fully saturated rings. The van der Waals surface area contributed by atoms with Gasteiger partial charge in [0.2, 0.25) is 6.36 Å². The van der Waals surface area contributed by atoms with Crippen molar-refractivity contribution in [2.24, 2.45) is 0 Å². The lowest BCUT2D eigenvalue weighted by atomic mass is 10.0. The number of allylic oxidation sites excluding steroid dienone is 1. The molecule has 5 atom stereocenters. The summed E-state index contributed by atoms with van der Waals surface area (Å²) in [4.78, 5) is 0. The summed E-state index contributed by atoms with van der Waals surface area (Å²) in [5.41, 5.74) is 0.426. The lowest BCUT2D eigenvalue weighted by Crippen LogP contribution is -2.39. The van der Waals surface area contributed by atoms with Crippen LogP contribution in [0.4, 0.5) is 4.39 Å². The Kier molecular flexibility index (Phi) is 3.67. The number of ether oxygens (including phenoxy) is 1. The van der Waals surface area contributed by atoms with E-state index >= 15 is 0 Å². The summed E-state index contributed by atoms with van der Waals surface area (Å²) < 4.78 is 17.3. The molecule has 1 unspecified atom stereocenters. The average molecular weight is 222 g/mol. The molecule has 1 saturated heterocycles. The Morgan fingerprint density at radius 2 is 1.80 bits per heavy atom. The van der Waals surface area contributed by atoms with Crippen LogP contribution in [0.1, 0.15) is 13.8 Å². The molecule has 1 aliphatic rings. The minimum absolute atomic E-state index is 0.389. The number of aliphatic hydroxyl groups excluding tert-OH is 4. The summed E-state index contributed by atoms with van der Waals surface area (Å²) in [6, 6.07) is 0. The SMILES string of the molecule is CC(C)=C(O)[C@@H](O)[C@H]1OC(F)[C@@H](O)[C@H]1O. The Bertz CT molecular complexity index is 263. The third-order valence-electron chi connectivity index (χ3n) is 2.35. The van der Waals surface area contributed by atoms with Crippen molar-refractivity contribution >= 4 is 0 Å². The second kappa shape index (κ2) is 4.44. The molecule has 88 valence electrons. The van der Waals surface area contributed by atoms with Crippen molar-refractivity contribution in [3.63, 3.8) is 0 Å². The van der Waals surface area contributed by atoms with Crippen LogP contribution in [0.15, 0.2) is 11.3 Å². The maximum atomic E-state index is 12.8. The van der Waals surface area contributed by atoms with E-state index < -0.39 is 30.8 Å². The fraction of sp³-hybridized carbons (Fsp3) is 0.778. The quantitative estimate of drug-likeness (QED) is 0.478. The largest absolute Gasteiger partial charge is 0.510 e. The second-order valence-corrected chi connectivity index (χ2v) is 3.76. The van der Waals surface area contributed by atoms with Crippen LogP contribution in [-0.2, 0) is 4.74 Å². The zero-order valence-corrected chi connectivity index (χ0v) is 8.46. The predicted octanol–water partition coefficient (Wildman–Crippen LogP) is -0.385. The highest BCUT2D eigenvalue weighted by Crippen LogP contribution is 2.27. The second-order valence-electron chi connectivity index (χ2n) is 3.76. The van der Waals surface area contributed by atoms with Gasteiger partial charge in [0, 0.05) is 0 Å². The molecule has 0 aromatic heterocycles. The van der Waals surface area contributed by atoms with Crippen LogP contribution >= 0.6 is 0 Å². The lowest BCUT2D eigenvalue weighted by molar-refractivity contribution is -0.103. The molecule has 0 aliphatic carbocycles. The first kappa shape index (κ1) is 12.4. The van der Waals surface area contributed by atoms with E-state index in [9.17, 15) is 19.7 Å². The predicted molar refractivity (Wildman–Crippen MR) is 48.8 cm³/mol. The normalized spacial score (nSPS) is 37.7. The zero-order valence-electron chi connectivity index (χ0n) is 8.46. The summed E-state index contributed by atoms with van der Waals surface area (Å²) in [5, 5.41) is 37.3. The number of halogens is 1. The zero-order chi connectivity index (χ0) is 11.7. The Hall–Kier alpha value is -0.690. The Balaban J connectivity index is 2.78. The highest BCUT2D eigenvalue weighted by Gasteiger charge is 2.47. The molecular weight excluding hydrogens is 207 g/mol. The molecule has 0 saturated carbocycles. The molecule has 0 amide bonds. The van der Waals surface area contributed by atoms with Crippen molar-refractivity contribution in [1.82, 2.24) is 0 Å². The molecule has 1 rings (SSSR count). The Morgan fingerprint density at radius 3 is 2.13 bits per heavy atom. The molecule has 0 radical (unpaired) electrons. The molecule has 1 aliphatic heterocycles. The average Bonchev–Trinajstić information content (AvgIpc) is 2.43. The van der Waals surface area contributed by atoms with Gasteiger partial charge in [-0.2, -0.15) is 0 Å². The van der Waals surface area contributed by atoms with Gasteiger partial charge in [0.1, 0.15) is 30.2 Å². The first-order valence-electron chi connectivity index (χ1n) is 4.56. The monoisotopic (exact) mass is 222 g/mol. The first-order valence-corrected chi connectivity index (χ1v) is 4.56. The molecule has 15 heavy (non-hydrogen) atoms. The van der Waals surface area contributed by atoms with E-state index in [1.807, 2.05) is 0 Å². The smallest absolute Gasteiger partial charge is 0.228 e. The van der Waals surface area contributed by atoms with E-state index in [-0.39, 0.29) is 5.76 Å². The van der Waals surface area contributed by atoms with Gasteiger partial charge in [-0.3, -0.25) is 0 Å². The van der Waals surface area contributed by atoms with Crippen molar-refractivity contribution in [3.05, 3.63) is 11.3 Å². The molecule has 4 N–H and O–H groups in total. The van der Waals surface area contributed by atoms with Crippen LogP contribution in [0.3, 0.4) is 0 Å². The number of hydrogen-bond donors (Lipinski definition) is 4. The molecule has 1 heterocycles. The van der Waals surface area contributed by atoms with Crippen LogP contribution < -0.4 is 0 Å². The van der Waals surface area contributed by atoms with E-state index in [1.54, 1.807) is 13.8 Å². The molecule has 6 heteroatoms. The van der Waals surface area contributed by atoms with Crippen LogP contribution in [0.5, 0.6) is 0 Å². The maximum absolute atomic E-state index is 12.8. The van der Waals surface area contributed by atoms with E-state index in [2.05, 4.69) is 4.74 Å². The van der Waals surface area contributed by atoms with E-state index in [1.165, 1.54) is 0 Å². The highest BCUT2D eigenvalue weighted by molar-refractivity contribution is 5.10. The van der Waals surface area contributed by atoms with Crippen molar-refractivity contribution in [2.45, 2.75) is 44.6 Å². The van der Waals surface area contributed by atoms with Gasteiger partial charge in [0.15, 0.2) is 0 Å². The minimum Gasteiger partial charge on any atom is -0.510 e. The fourth-order valence-corrected chi connectivity index (χ4v) is 1.37. The fourth-order valence-electron chi connectivity index (χ4n) is 1.37. The van der Waals surface area contributed by atoms with Crippen LogP contribution in [0.2, 0.25) is 0 Å². The maximum Gasteiger partial charge on any atom is 0.228 e. The van der Waals surface area contributed by atoms with Gasteiger partial charge in [-0.1, -0.05) is 0 Å². The number of hydrogen-bond acceptors (Lipinski definition) is 5. The molecule has 0 aromatic carbocycles. The highest BCUT2D eigenvalue weighted by atomic mass is 19.1. The molecule has 0 bridgehead atoms. The summed E-state index contributed by atoms with van der Waals surface area (Å²) >= 11 is 0. The summed E-state index contributed by atoms with van der Waals surface area (Å²) in [6.45, 7) is 3.09. The van der Waals surface area contributed by atoms with E-state index in [4.69, 9.17) is 5.11 Å². The summed E-state index contributed by atoms with van der Waals surface area (Å²) in [7, 11) is 0. The summed E-state index contributed by atoms with van der Waals surface area (Å²) in [5.74, 6) is -0.389. The number of rotatable bonds is 2. The van der Waals surface area contributed by atoms with Crippen molar-refractivity contribution in [2.75, 3.05) is 0 Å². The molecule has 5 nitrogen and oxygen atoms in total. The molecule has 0 aromatic rings. The number of alkyl halides is 1. The molecular formula is C9H15FO5. The third kappa shape index (κ3) is 2.28. The lowest BCUT2D eigenvalue weighted by Gasteiger charge is -2.20. The van der Waals surface area contributed by atoms with Gasteiger partial charge in [-0.05, 0) is 19.4 Å². The van der Waals surface area contributed by atoms with Gasteiger partial charge in [0.05, 0.1) is 0 Å². The summed E-state index contributed by atoms with van der Waals surface area (Å²) in [6.07, 6.45) is -8.21. The number of aliphatic hydroxyl groups is 4. The van der Waals surface area contributed by atoms with Gasteiger partial charge in [-0.15, -0.1) is 0 Å². The van der Waals surface area contributed by atoms with Gasteiger partial charge >= 0.3 is 0 Å². The van der Waals surface area contributed by atoms with Crippen LogP contribution in [0, 0.1) is 0 Å². The van der Waals surface area contributed by atoms with Crippen molar-refractivity contribution in [3.8, 4) is 0 Å². The van der Waals surface area contributed by atoms with E-state index in [0.29, 0.717) is 5.57 Å². The van der Waals surface area contributed by atoms with Crippen molar-refractivity contribution < 1.29 is 29.6 Å². The Morgan fingerprint density at radius 1 is 1.27 bits per heavy atom. The topological polar surface area (TPSA) is 90.2 Å². The van der Waals surface area contributed by atoms with E-state index in [0.717, 1.165) is 0 Å². The first-order chi connectivity index (χ1) is 6.86. The van der Waals surface area contributed by atoms with Crippen molar-refractivity contribution in [1.29, 1.82) is 0 Å². The standard InChI is InChI=1S/C9H15FO5/c1-3(2)4(11)5(12)8-6(13)7(14)9(10)15-8/h5-9,11-14H,1-2H3/t5-,6-,7+,8-,9?/m1/s1. The Labute approximate surface area is 86.4 Å².